The Balaban J connectivity index is 1.40. The summed E-state index contributed by atoms with van der Waals surface area (Å²) < 4.78 is 5.85. The summed E-state index contributed by atoms with van der Waals surface area (Å²) >= 11 is 0. The molecule has 2 fully saturated rings. The van der Waals surface area contributed by atoms with Gasteiger partial charge in [0.25, 0.3) is 5.91 Å². The summed E-state index contributed by atoms with van der Waals surface area (Å²) in [5.41, 5.74) is 2.84. The molecule has 2 aliphatic heterocycles. The second kappa shape index (κ2) is 7.92. The first-order chi connectivity index (χ1) is 13.2. The van der Waals surface area contributed by atoms with Crippen LogP contribution in [0.1, 0.15) is 40.4 Å². The van der Waals surface area contributed by atoms with Crippen molar-refractivity contribution in [3.8, 4) is 0 Å². The van der Waals surface area contributed by atoms with E-state index >= 15 is 0 Å². The van der Waals surface area contributed by atoms with Gasteiger partial charge in [-0.1, -0.05) is 42.5 Å². The standard InChI is InChI=1S/C22H24N2O3/c25-21-7-4-12-23(21)15-17-8-10-19(11-9-17)22(26)24-13-14-27-20(16-24)18-5-2-1-3-6-18/h1-3,5-6,8-11,20H,4,7,12-16H2. The largest absolute Gasteiger partial charge is 0.370 e. The average Bonchev–Trinajstić information content (AvgIpc) is 3.13. The summed E-state index contributed by atoms with van der Waals surface area (Å²) in [4.78, 5) is 28.4. The Morgan fingerprint density at radius 1 is 1.04 bits per heavy atom. The van der Waals surface area contributed by atoms with Crippen LogP contribution in [0.3, 0.4) is 0 Å². The summed E-state index contributed by atoms with van der Waals surface area (Å²) in [5.74, 6) is 0.249. The van der Waals surface area contributed by atoms with Gasteiger partial charge >= 0.3 is 0 Å². The third-order valence-electron chi connectivity index (χ3n) is 5.27. The van der Waals surface area contributed by atoms with E-state index in [1.54, 1.807) is 0 Å². The minimum absolute atomic E-state index is 0.0306. The van der Waals surface area contributed by atoms with E-state index < -0.39 is 0 Å². The van der Waals surface area contributed by atoms with Crippen LogP contribution in [0.4, 0.5) is 0 Å². The molecule has 0 saturated carbocycles. The molecule has 2 aromatic rings. The Morgan fingerprint density at radius 2 is 1.81 bits per heavy atom. The monoisotopic (exact) mass is 364 g/mol. The molecule has 2 heterocycles. The topological polar surface area (TPSA) is 49.9 Å². The fraction of sp³-hybridized carbons (Fsp3) is 0.364. The maximum atomic E-state index is 12.9. The minimum Gasteiger partial charge on any atom is -0.370 e. The number of nitrogens with zero attached hydrogens (tertiary/aromatic N) is 2. The molecule has 0 aromatic heterocycles. The van der Waals surface area contributed by atoms with Crippen LogP contribution >= 0.6 is 0 Å². The summed E-state index contributed by atoms with van der Waals surface area (Å²) in [5, 5.41) is 0. The SMILES string of the molecule is O=C1CCCN1Cc1ccc(C(=O)N2CCOC(c3ccccc3)C2)cc1. The van der Waals surface area contributed by atoms with Crippen LogP contribution in [0.15, 0.2) is 54.6 Å². The van der Waals surface area contributed by atoms with Crippen LogP contribution in [0, 0.1) is 0 Å². The van der Waals surface area contributed by atoms with Gasteiger partial charge in [0.2, 0.25) is 5.91 Å². The highest BCUT2D eigenvalue weighted by Gasteiger charge is 2.26. The lowest BCUT2D eigenvalue weighted by molar-refractivity contribution is -0.128. The van der Waals surface area contributed by atoms with E-state index in [0.717, 1.165) is 24.1 Å². The number of amides is 2. The van der Waals surface area contributed by atoms with Gasteiger partial charge in [-0.15, -0.1) is 0 Å². The molecule has 1 atom stereocenters. The second-order valence-corrected chi connectivity index (χ2v) is 7.14. The number of carbonyl (C=O) groups is 2. The van der Waals surface area contributed by atoms with Crippen molar-refractivity contribution in [2.24, 2.45) is 0 Å². The summed E-state index contributed by atoms with van der Waals surface area (Å²) in [6.07, 6.45) is 1.51. The van der Waals surface area contributed by atoms with Crippen LogP contribution in [0.2, 0.25) is 0 Å². The van der Waals surface area contributed by atoms with Crippen LogP contribution in [0.5, 0.6) is 0 Å². The maximum absolute atomic E-state index is 12.9. The zero-order valence-electron chi connectivity index (χ0n) is 15.3. The first-order valence-electron chi connectivity index (χ1n) is 9.53. The molecule has 5 nitrogen and oxygen atoms in total. The number of morpholine rings is 1. The van der Waals surface area contributed by atoms with E-state index in [0.29, 0.717) is 38.2 Å². The number of hydrogen-bond donors (Lipinski definition) is 0. The smallest absolute Gasteiger partial charge is 0.254 e. The van der Waals surface area contributed by atoms with Crippen molar-refractivity contribution < 1.29 is 14.3 Å². The lowest BCUT2D eigenvalue weighted by Gasteiger charge is -2.33. The van der Waals surface area contributed by atoms with Crippen molar-refractivity contribution >= 4 is 11.8 Å². The minimum atomic E-state index is -0.0793. The lowest BCUT2D eigenvalue weighted by atomic mass is 10.1. The molecule has 1 unspecified atom stereocenters. The van der Waals surface area contributed by atoms with Gasteiger partial charge in [-0.05, 0) is 29.7 Å². The van der Waals surface area contributed by atoms with Crippen molar-refractivity contribution in [3.05, 3.63) is 71.3 Å². The molecule has 0 N–H and O–H groups in total. The van der Waals surface area contributed by atoms with Gasteiger partial charge in [0, 0.05) is 31.6 Å². The molecule has 0 spiro atoms. The highest BCUT2D eigenvalue weighted by molar-refractivity contribution is 5.94. The highest BCUT2D eigenvalue weighted by atomic mass is 16.5. The van der Waals surface area contributed by atoms with Crippen LogP contribution in [-0.2, 0) is 16.1 Å². The molecule has 140 valence electrons. The predicted molar refractivity (Wildman–Crippen MR) is 102 cm³/mol. The first kappa shape index (κ1) is 17.7. The summed E-state index contributed by atoms with van der Waals surface area (Å²) in [6.45, 7) is 3.16. The zero-order chi connectivity index (χ0) is 18.6. The molecule has 2 amide bonds. The number of likely N-dealkylation sites (tertiary alicyclic amines) is 1. The Labute approximate surface area is 159 Å². The van der Waals surface area contributed by atoms with Gasteiger partial charge in [-0.2, -0.15) is 0 Å². The molecule has 0 aliphatic carbocycles. The van der Waals surface area contributed by atoms with Gasteiger partial charge in [0.1, 0.15) is 6.10 Å². The van der Waals surface area contributed by atoms with E-state index in [-0.39, 0.29) is 17.9 Å². The number of rotatable bonds is 4. The third-order valence-corrected chi connectivity index (χ3v) is 5.27. The third kappa shape index (κ3) is 4.03. The predicted octanol–water partition coefficient (Wildman–Crippen LogP) is 3.02. The van der Waals surface area contributed by atoms with Gasteiger partial charge in [0.05, 0.1) is 13.2 Å². The van der Waals surface area contributed by atoms with Crippen LogP contribution < -0.4 is 0 Å². The molecule has 2 saturated heterocycles. The average molecular weight is 364 g/mol. The van der Waals surface area contributed by atoms with Crippen LogP contribution in [0.25, 0.3) is 0 Å². The van der Waals surface area contributed by atoms with E-state index in [1.165, 1.54) is 0 Å². The van der Waals surface area contributed by atoms with E-state index in [9.17, 15) is 9.59 Å². The lowest BCUT2D eigenvalue weighted by Crippen LogP contribution is -2.42. The molecule has 5 heteroatoms. The van der Waals surface area contributed by atoms with Gasteiger partial charge in [-0.3, -0.25) is 9.59 Å². The Morgan fingerprint density at radius 3 is 2.52 bits per heavy atom. The molecule has 2 aliphatic rings. The molecule has 27 heavy (non-hydrogen) atoms. The first-order valence-corrected chi connectivity index (χ1v) is 9.53. The molecular weight excluding hydrogens is 340 g/mol. The summed E-state index contributed by atoms with van der Waals surface area (Å²) in [6, 6.07) is 17.7. The van der Waals surface area contributed by atoms with Gasteiger partial charge in [0.15, 0.2) is 0 Å². The van der Waals surface area contributed by atoms with Crippen molar-refractivity contribution in [1.82, 2.24) is 9.80 Å². The molecule has 2 aromatic carbocycles. The zero-order valence-corrected chi connectivity index (χ0v) is 15.3. The van der Waals surface area contributed by atoms with Crippen molar-refractivity contribution in [1.29, 1.82) is 0 Å². The Bertz CT molecular complexity index is 804. The Hall–Kier alpha value is -2.66. The van der Waals surface area contributed by atoms with E-state index in [2.05, 4.69) is 0 Å². The van der Waals surface area contributed by atoms with E-state index in [4.69, 9.17) is 4.74 Å². The molecule has 4 rings (SSSR count). The summed E-state index contributed by atoms with van der Waals surface area (Å²) in [7, 11) is 0. The van der Waals surface area contributed by atoms with Crippen molar-refractivity contribution in [2.45, 2.75) is 25.5 Å². The normalized spacial score (nSPS) is 20.1. The number of hydrogen-bond acceptors (Lipinski definition) is 3. The molecule has 0 bridgehead atoms. The number of carbonyl (C=O) groups excluding carboxylic acids is 2. The fourth-order valence-electron chi connectivity index (χ4n) is 3.73. The number of benzene rings is 2. The van der Waals surface area contributed by atoms with Crippen molar-refractivity contribution in [2.75, 3.05) is 26.2 Å². The Kier molecular flexibility index (Phi) is 5.21. The van der Waals surface area contributed by atoms with Gasteiger partial charge in [-0.25, -0.2) is 0 Å². The van der Waals surface area contributed by atoms with Crippen molar-refractivity contribution in [3.63, 3.8) is 0 Å². The molecular formula is C22H24N2O3. The van der Waals surface area contributed by atoms with E-state index in [1.807, 2.05) is 64.4 Å². The highest BCUT2D eigenvalue weighted by Crippen LogP contribution is 2.23. The molecule has 0 radical (unpaired) electrons. The maximum Gasteiger partial charge on any atom is 0.254 e. The quantitative estimate of drug-likeness (QED) is 0.838. The second-order valence-electron chi connectivity index (χ2n) is 7.14. The fourth-order valence-corrected chi connectivity index (χ4v) is 3.73. The van der Waals surface area contributed by atoms with Gasteiger partial charge < -0.3 is 14.5 Å². The number of ether oxygens (including phenoxy) is 1. The van der Waals surface area contributed by atoms with Crippen LogP contribution in [-0.4, -0.2) is 47.9 Å².